The van der Waals surface area contributed by atoms with Crippen molar-refractivity contribution in [2.24, 2.45) is 7.05 Å². The van der Waals surface area contributed by atoms with Crippen LogP contribution >= 0.6 is 0 Å². The average Bonchev–Trinajstić information content (AvgIpc) is 2.92. The first-order valence-corrected chi connectivity index (χ1v) is 5.87. The summed E-state index contributed by atoms with van der Waals surface area (Å²) < 4.78 is 1.72. The molecule has 0 saturated heterocycles. The van der Waals surface area contributed by atoms with Crippen LogP contribution in [0.1, 0.15) is 12.6 Å². The highest BCUT2D eigenvalue weighted by Crippen LogP contribution is 2.18. The van der Waals surface area contributed by atoms with Crippen molar-refractivity contribution in [3.8, 4) is 11.5 Å². The van der Waals surface area contributed by atoms with Crippen molar-refractivity contribution < 1.29 is 0 Å². The minimum absolute atomic E-state index is 0.0507. The minimum atomic E-state index is -0.334. The largest absolute Gasteiger partial charge is 0.369 e. The van der Waals surface area contributed by atoms with E-state index < -0.39 is 0 Å². The molecule has 8 nitrogen and oxygen atoms in total. The second-order valence-electron chi connectivity index (χ2n) is 4.23. The van der Waals surface area contributed by atoms with Crippen LogP contribution in [0.2, 0.25) is 0 Å². The van der Waals surface area contributed by atoms with Crippen LogP contribution in [0.25, 0.3) is 22.7 Å². The highest BCUT2D eigenvalue weighted by Gasteiger charge is 2.13. The quantitative estimate of drug-likeness (QED) is 0.607. The Bertz CT molecular complexity index is 810. The number of nitrogen functional groups attached to an aromatic ring is 1. The van der Waals surface area contributed by atoms with Gasteiger partial charge in [-0.05, 0) is 12.5 Å². The lowest BCUT2D eigenvalue weighted by molar-refractivity contribution is 0.749. The molecule has 8 heteroatoms. The fourth-order valence-electron chi connectivity index (χ4n) is 1.97. The van der Waals surface area contributed by atoms with Gasteiger partial charge in [0.05, 0.1) is 5.69 Å². The van der Waals surface area contributed by atoms with E-state index in [2.05, 4.69) is 25.0 Å². The third-order valence-corrected chi connectivity index (χ3v) is 2.92. The second-order valence-corrected chi connectivity index (χ2v) is 4.23. The second kappa shape index (κ2) is 3.94. The molecule has 0 radical (unpaired) electrons. The molecule has 3 heterocycles. The van der Waals surface area contributed by atoms with Gasteiger partial charge in [-0.3, -0.25) is 14.5 Å². The molecule has 3 aromatic heterocycles. The van der Waals surface area contributed by atoms with Gasteiger partial charge in [-0.1, -0.05) is 6.92 Å². The van der Waals surface area contributed by atoms with Gasteiger partial charge >= 0.3 is 0 Å². The number of aromatic amines is 2. The van der Waals surface area contributed by atoms with Gasteiger partial charge in [0.25, 0.3) is 5.56 Å². The monoisotopic (exact) mass is 259 g/mol. The zero-order chi connectivity index (χ0) is 13.6. The van der Waals surface area contributed by atoms with Gasteiger partial charge in [0.15, 0.2) is 17.0 Å². The lowest BCUT2D eigenvalue weighted by Crippen LogP contribution is -2.10. The number of aromatic nitrogens is 6. The number of anilines is 1. The number of hydrogen-bond acceptors (Lipinski definition) is 5. The predicted molar refractivity (Wildman–Crippen MR) is 70.5 cm³/mol. The molecular weight excluding hydrogens is 246 g/mol. The first-order chi connectivity index (χ1) is 9.08. The SMILES string of the molecule is CCc1cc(-c2nc3nc(N)[nH]c(=O)c3[nH]2)n(C)n1. The van der Waals surface area contributed by atoms with Crippen LogP contribution < -0.4 is 11.3 Å². The number of nitrogens with two attached hydrogens (primary N) is 1. The molecule has 0 atom stereocenters. The zero-order valence-electron chi connectivity index (χ0n) is 10.6. The topological polar surface area (TPSA) is 118 Å². The average molecular weight is 259 g/mol. The van der Waals surface area contributed by atoms with Crippen LogP contribution in [0.15, 0.2) is 10.9 Å². The number of aryl methyl sites for hydroxylation is 2. The van der Waals surface area contributed by atoms with Gasteiger partial charge < -0.3 is 10.7 Å². The molecule has 0 saturated carbocycles. The predicted octanol–water partition coefficient (Wildman–Crippen LogP) is 0.191. The standard InChI is InChI=1S/C11H13N7O/c1-3-5-4-6(18(2)17-5)8-13-7-9(14-8)15-11(12)16-10(7)19/h4H,3H2,1-2H3,(H4,12,13,14,15,16,19). The minimum Gasteiger partial charge on any atom is -0.369 e. The van der Waals surface area contributed by atoms with Crippen LogP contribution in [-0.2, 0) is 13.5 Å². The van der Waals surface area contributed by atoms with Crippen molar-refractivity contribution in [1.82, 2.24) is 29.7 Å². The molecule has 0 aromatic carbocycles. The van der Waals surface area contributed by atoms with E-state index in [1.54, 1.807) is 4.68 Å². The van der Waals surface area contributed by atoms with Crippen LogP contribution in [0.4, 0.5) is 5.95 Å². The Labute approximate surface area is 107 Å². The van der Waals surface area contributed by atoms with Gasteiger partial charge in [0, 0.05) is 7.05 Å². The summed E-state index contributed by atoms with van der Waals surface area (Å²) in [6.07, 6.45) is 0.833. The number of hydrogen-bond donors (Lipinski definition) is 3. The van der Waals surface area contributed by atoms with Crippen LogP contribution in [0.5, 0.6) is 0 Å². The number of nitrogens with zero attached hydrogens (tertiary/aromatic N) is 4. The van der Waals surface area contributed by atoms with E-state index in [4.69, 9.17) is 5.73 Å². The van der Waals surface area contributed by atoms with Crippen molar-refractivity contribution in [1.29, 1.82) is 0 Å². The number of nitrogens with one attached hydrogen (secondary N) is 2. The van der Waals surface area contributed by atoms with Crippen molar-refractivity contribution in [2.45, 2.75) is 13.3 Å². The molecule has 0 aliphatic rings. The molecule has 3 aromatic rings. The van der Waals surface area contributed by atoms with Gasteiger partial charge in [-0.15, -0.1) is 0 Å². The first-order valence-electron chi connectivity index (χ1n) is 5.87. The molecule has 0 unspecified atom stereocenters. The highest BCUT2D eigenvalue weighted by atomic mass is 16.1. The number of fused-ring (bicyclic) bond motifs is 1. The van der Waals surface area contributed by atoms with E-state index in [1.165, 1.54) is 0 Å². The van der Waals surface area contributed by atoms with Crippen LogP contribution in [0, 0.1) is 0 Å². The summed E-state index contributed by atoms with van der Waals surface area (Å²) in [7, 11) is 1.83. The van der Waals surface area contributed by atoms with Gasteiger partial charge in [0.1, 0.15) is 5.69 Å². The fourth-order valence-corrected chi connectivity index (χ4v) is 1.97. The molecule has 98 valence electrons. The summed E-state index contributed by atoms with van der Waals surface area (Å²) in [5.74, 6) is 0.600. The zero-order valence-corrected chi connectivity index (χ0v) is 10.6. The fraction of sp³-hybridized carbons (Fsp3) is 0.273. The van der Waals surface area contributed by atoms with E-state index in [-0.39, 0.29) is 11.5 Å². The molecule has 0 fully saturated rings. The summed E-state index contributed by atoms with van der Waals surface area (Å²) >= 11 is 0. The molecular formula is C11H13N7O. The van der Waals surface area contributed by atoms with E-state index in [0.29, 0.717) is 17.0 Å². The molecule has 0 aliphatic heterocycles. The van der Waals surface area contributed by atoms with Crippen LogP contribution in [0.3, 0.4) is 0 Å². The Morgan fingerprint density at radius 3 is 2.84 bits per heavy atom. The molecule has 0 aliphatic carbocycles. The first kappa shape index (κ1) is 11.5. The summed E-state index contributed by atoms with van der Waals surface area (Å²) in [6.45, 7) is 2.03. The number of imidazole rings is 1. The van der Waals surface area contributed by atoms with Gasteiger partial charge in [-0.25, -0.2) is 4.98 Å². The summed E-state index contributed by atoms with van der Waals surface area (Å²) in [4.78, 5) is 25.4. The highest BCUT2D eigenvalue weighted by molar-refractivity contribution is 5.75. The third-order valence-electron chi connectivity index (χ3n) is 2.92. The Balaban J connectivity index is 2.23. The number of H-pyrrole nitrogens is 2. The molecule has 4 N–H and O–H groups in total. The molecule has 0 spiro atoms. The maximum atomic E-state index is 11.7. The lowest BCUT2D eigenvalue weighted by atomic mass is 10.3. The van der Waals surface area contributed by atoms with E-state index >= 15 is 0 Å². The van der Waals surface area contributed by atoms with E-state index in [9.17, 15) is 4.79 Å². The normalized spacial score (nSPS) is 11.3. The summed E-state index contributed by atoms with van der Waals surface area (Å²) in [6, 6.07) is 1.93. The van der Waals surface area contributed by atoms with Crippen molar-refractivity contribution in [3.05, 3.63) is 22.1 Å². The maximum absolute atomic E-state index is 11.7. The van der Waals surface area contributed by atoms with Crippen molar-refractivity contribution in [2.75, 3.05) is 5.73 Å². The Morgan fingerprint density at radius 2 is 2.16 bits per heavy atom. The van der Waals surface area contributed by atoms with E-state index in [1.807, 2.05) is 20.0 Å². The maximum Gasteiger partial charge on any atom is 0.278 e. The van der Waals surface area contributed by atoms with Crippen molar-refractivity contribution >= 4 is 17.1 Å². The third kappa shape index (κ3) is 1.77. The van der Waals surface area contributed by atoms with Crippen LogP contribution in [-0.4, -0.2) is 29.7 Å². The smallest absolute Gasteiger partial charge is 0.278 e. The lowest BCUT2D eigenvalue weighted by Gasteiger charge is -1.94. The Hall–Kier alpha value is -2.64. The Morgan fingerprint density at radius 1 is 1.37 bits per heavy atom. The summed E-state index contributed by atoms with van der Waals surface area (Å²) in [5.41, 5.74) is 7.52. The Kier molecular flexibility index (Phi) is 2.37. The molecule has 0 amide bonds. The van der Waals surface area contributed by atoms with E-state index in [0.717, 1.165) is 17.8 Å². The van der Waals surface area contributed by atoms with Gasteiger partial charge in [-0.2, -0.15) is 10.1 Å². The number of rotatable bonds is 2. The summed E-state index contributed by atoms with van der Waals surface area (Å²) in [5, 5.41) is 4.34. The van der Waals surface area contributed by atoms with Crippen molar-refractivity contribution in [3.63, 3.8) is 0 Å². The molecule has 19 heavy (non-hydrogen) atoms. The molecule has 3 rings (SSSR count). The molecule has 0 bridgehead atoms. The van der Waals surface area contributed by atoms with Gasteiger partial charge in [0.2, 0.25) is 5.95 Å².